The highest BCUT2D eigenvalue weighted by Gasteiger charge is 2.40. The average molecular weight is 297 g/mol. The Morgan fingerprint density at radius 3 is 2.68 bits per heavy atom. The lowest BCUT2D eigenvalue weighted by Gasteiger charge is -2.44. The first-order valence-corrected chi connectivity index (χ1v) is 7.72. The van der Waals surface area contributed by atoms with E-state index in [1.807, 2.05) is 19.1 Å². The van der Waals surface area contributed by atoms with Crippen LogP contribution in [0, 0.1) is 0 Å². The summed E-state index contributed by atoms with van der Waals surface area (Å²) in [5.41, 5.74) is 2.20. The van der Waals surface area contributed by atoms with Crippen molar-refractivity contribution in [3.8, 4) is 0 Å². The lowest BCUT2D eigenvalue weighted by molar-refractivity contribution is 0.137. The summed E-state index contributed by atoms with van der Waals surface area (Å²) in [6, 6.07) is 5.99. The van der Waals surface area contributed by atoms with Crippen LogP contribution in [0.3, 0.4) is 0 Å². The molecule has 1 aromatic carbocycles. The number of para-hydroxylation sites is 1. The van der Waals surface area contributed by atoms with Gasteiger partial charge in [0.15, 0.2) is 0 Å². The minimum absolute atomic E-state index is 0.104. The summed E-state index contributed by atoms with van der Waals surface area (Å²) in [6.45, 7) is 4.23. The molecule has 0 amide bonds. The number of rotatable bonds is 3. The maximum Gasteiger partial charge on any atom is 0.128 e. The molecule has 3 rings (SSSR count). The molecule has 0 bridgehead atoms. The quantitative estimate of drug-likeness (QED) is 0.705. The molecule has 1 saturated carbocycles. The molecule has 19 heavy (non-hydrogen) atoms. The summed E-state index contributed by atoms with van der Waals surface area (Å²) in [4.78, 5) is 4.71. The van der Waals surface area contributed by atoms with Gasteiger partial charge in [0.25, 0.3) is 0 Å². The van der Waals surface area contributed by atoms with Crippen molar-refractivity contribution in [3.05, 3.63) is 29.0 Å². The van der Waals surface area contributed by atoms with Gasteiger partial charge in [0.2, 0.25) is 0 Å². The van der Waals surface area contributed by atoms with Crippen LogP contribution in [-0.4, -0.2) is 9.55 Å². The van der Waals surface area contributed by atoms with Crippen LogP contribution in [0.5, 0.6) is 0 Å². The number of benzene rings is 1. The number of aromatic nitrogens is 2. The molecule has 1 fully saturated rings. The molecule has 2 nitrogen and oxygen atoms in total. The summed E-state index contributed by atoms with van der Waals surface area (Å²) in [5, 5.41) is 0.605. The molecular weight excluding hydrogens is 279 g/mol. The number of imidazole rings is 1. The van der Waals surface area contributed by atoms with Crippen LogP contribution in [0.25, 0.3) is 11.0 Å². The van der Waals surface area contributed by atoms with Gasteiger partial charge < -0.3 is 4.57 Å². The van der Waals surface area contributed by atoms with E-state index in [-0.39, 0.29) is 10.9 Å². The number of hydrogen-bond acceptors (Lipinski definition) is 1. The van der Waals surface area contributed by atoms with E-state index >= 15 is 0 Å². The van der Waals surface area contributed by atoms with Crippen LogP contribution < -0.4 is 0 Å². The fourth-order valence-corrected chi connectivity index (χ4v) is 3.53. The third-order valence-corrected chi connectivity index (χ3v) is 4.93. The minimum Gasteiger partial charge on any atom is -0.320 e. The zero-order valence-corrected chi connectivity index (χ0v) is 12.8. The van der Waals surface area contributed by atoms with E-state index < -0.39 is 0 Å². The normalized spacial score (nSPS) is 19.4. The number of nitrogens with zero attached hydrogens (tertiary/aromatic N) is 2. The van der Waals surface area contributed by atoms with Gasteiger partial charge in [0.1, 0.15) is 11.3 Å². The van der Waals surface area contributed by atoms with Crippen molar-refractivity contribution in [1.82, 2.24) is 9.55 Å². The largest absolute Gasteiger partial charge is 0.320 e. The number of alkyl halides is 1. The summed E-state index contributed by atoms with van der Waals surface area (Å²) in [5.74, 6) is 0.950. The summed E-state index contributed by atoms with van der Waals surface area (Å²) >= 11 is 12.6. The zero-order chi connectivity index (χ0) is 13.6. The van der Waals surface area contributed by atoms with E-state index in [0.29, 0.717) is 5.02 Å². The van der Waals surface area contributed by atoms with E-state index in [2.05, 4.69) is 17.6 Å². The second kappa shape index (κ2) is 4.68. The molecule has 2 aromatic rings. The molecule has 0 radical (unpaired) electrons. The van der Waals surface area contributed by atoms with Crippen LogP contribution in [0.2, 0.25) is 5.02 Å². The molecule has 1 atom stereocenters. The number of halogens is 2. The highest BCUT2D eigenvalue weighted by Crippen LogP contribution is 2.46. The van der Waals surface area contributed by atoms with E-state index in [4.69, 9.17) is 28.2 Å². The fraction of sp³-hybridized carbons (Fsp3) is 0.533. The van der Waals surface area contributed by atoms with E-state index in [1.165, 1.54) is 19.3 Å². The van der Waals surface area contributed by atoms with E-state index in [0.717, 1.165) is 23.3 Å². The van der Waals surface area contributed by atoms with Crippen molar-refractivity contribution in [2.45, 2.75) is 50.4 Å². The van der Waals surface area contributed by atoms with Crippen molar-refractivity contribution in [2.75, 3.05) is 0 Å². The Morgan fingerprint density at radius 2 is 2.16 bits per heavy atom. The molecule has 1 aliphatic carbocycles. The number of fused-ring (bicyclic) bond motifs is 1. The van der Waals surface area contributed by atoms with Crippen LogP contribution in [0.15, 0.2) is 18.2 Å². The predicted molar refractivity (Wildman–Crippen MR) is 81.1 cm³/mol. The van der Waals surface area contributed by atoms with Gasteiger partial charge in [0, 0.05) is 5.54 Å². The summed E-state index contributed by atoms with van der Waals surface area (Å²) in [7, 11) is 0. The first-order valence-electron chi connectivity index (χ1n) is 6.90. The first-order chi connectivity index (χ1) is 9.09. The molecule has 4 heteroatoms. The van der Waals surface area contributed by atoms with Crippen LogP contribution in [0.1, 0.15) is 50.7 Å². The molecule has 0 spiro atoms. The summed E-state index contributed by atoms with van der Waals surface area (Å²) < 4.78 is 2.36. The lowest BCUT2D eigenvalue weighted by atomic mass is 9.74. The van der Waals surface area contributed by atoms with Gasteiger partial charge in [-0.05, 0) is 44.7 Å². The monoisotopic (exact) mass is 296 g/mol. The Balaban J connectivity index is 2.31. The van der Waals surface area contributed by atoms with Gasteiger partial charge >= 0.3 is 0 Å². The van der Waals surface area contributed by atoms with Crippen molar-refractivity contribution >= 4 is 34.2 Å². The SMILES string of the molecule is CCC1(n2c(C(C)Cl)nc3c(Cl)cccc32)CCC1. The highest BCUT2D eigenvalue weighted by atomic mass is 35.5. The Labute approximate surface area is 123 Å². The first kappa shape index (κ1) is 13.3. The van der Waals surface area contributed by atoms with Crippen molar-refractivity contribution < 1.29 is 0 Å². The Bertz CT molecular complexity index is 606. The molecule has 1 aromatic heterocycles. The van der Waals surface area contributed by atoms with Crippen molar-refractivity contribution in [2.24, 2.45) is 0 Å². The third-order valence-electron chi connectivity index (χ3n) is 4.43. The van der Waals surface area contributed by atoms with Gasteiger partial charge in [-0.2, -0.15) is 0 Å². The smallest absolute Gasteiger partial charge is 0.128 e. The molecule has 0 N–H and O–H groups in total. The van der Waals surface area contributed by atoms with Gasteiger partial charge in [-0.1, -0.05) is 24.6 Å². The van der Waals surface area contributed by atoms with E-state index in [9.17, 15) is 0 Å². The maximum atomic E-state index is 6.35. The molecular formula is C15H18Cl2N2. The highest BCUT2D eigenvalue weighted by molar-refractivity contribution is 6.35. The molecule has 102 valence electrons. The maximum absolute atomic E-state index is 6.35. The molecule has 1 unspecified atom stereocenters. The van der Waals surface area contributed by atoms with Gasteiger partial charge in [-0.25, -0.2) is 4.98 Å². The third kappa shape index (κ3) is 1.88. The fourth-order valence-electron chi connectivity index (χ4n) is 3.17. The van der Waals surface area contributed by atoms with Gasteiger partial charge in [-0.3, -0.25) is 0 Å². The lowest BCUT2D eigenvalue weighted by Crippen LogP contribution is -2.41. The Kier molecular flexibility index (Phi) is 3.26. The molecule has 1 heterocycles. The van der Waals surface area contributed by atoms with Gasteiger partial charge in [-0.15, -0.1) is 11.6 Å². The average Bonchev–Trinajstić information content (AvgIpc) is 2.71. The van der Waals surface area contributed by atoms with E-state index in [1.54, 1.807) is 0 Å². The van der Waals surface area contributed by atoms with Crippen LogP contribution >= 0.6 is 23.2 Å². The Morgan fingerprint density at radius 1 is 1.42 bits per heavy atom. The summed E-state index contributed by atoms with van der Waals surface area (Å²) in [6.07, 6.45) is 4.81. The predicted octanol–water partition coefficient (Wildman–Crippen LogP) is 5.28. The second-order valence-electron chi connectivity index (χ2n) is 5.46. The zero-order valence-electron chi connectivity index (χ0n) is 11.3. The number of hydrogen-bond donors (Lipinski definition) is 0. The molecule has 0 aliphatic heterocycles. The van der Waals surface area contributed by atoms with Crippen molar-refractivity contribution in [3.63, 3.8) is 0 Å². The van der Waals surface area contributed by atoms with Crippen molar-refractivity contribution in [1.29, 1.82) is 0 Å². The standard InChI is InChI=1S/C15H18Cl2N2/c1-3-15(8-5-9-15)19-12-7-4-6-11(17)13(12)18-14(19)10(2)16/h4,6-7,10H,3,5,8-9H2,1-2H3. The van der Waals surface area contributed by atoms with Crippen LogP contribution in [0.4, 0.5) is 0 Å². The second-order valence-corrected chi connectivity index (χ2v) is 6.52. The molecule has 1 aliphatic rings. The minimum atomic E-state index is -0.104. The molecule has 0 saturated heterocycles. The Hall–Kier alpha value is -0.730. The van der Waals surface area contributed by atoms with Gasteiger partial charge in [0.05, 0.1) is 15.9 Å². The topological polar surface area (TPSA) is 17.8 Å². The van der Waals surface area contributed by atoms with Crippen LogP contribution in [-0.2, 0) is 5.54 Å².